The highest BCUT2D eigenvalue weighted by Crippen LogP contribution is 2.36. The van der Waals surface area contributed by atoms with Crippen LogP contribution < -0.4 is 4.74 Å². The topological polar surface area (TPSA) is 29.5 Å². The normalized spacial score (nSPS) is 13.7. The number of phenolic OH excluding ortho intramolecular Hbond substituents is 1. The molecule has 2 aromatic carbocycles. The van der Waals surface area contributed by atoms with Crippen LogP contribution in [0.15, 0.2) is 78.1 Å². The lowest BCUT2D eigenvalue weighted by Crippen LogP contribution is -1.94. The Labute approximate surface area is 142 Å². The Kier molecular flexibility index (Phi) is 4.69. The van der Waals surface area contributed by atoms with Crippen LogP contribution in [0.25, 0.3) is 11.1 Å². The molecule has 0 unspecified atom stereocenters. The summed E-state index contributed by atoms with van der Waals surface area (Å²) in [6.45, 7) is 2.15. The van der Waals surface area contributed by atoms with E-state index in [1.807, 2.05) is 36.4 Å². The van der Waals surface area contributed by atoms with E-state index in [1.54, 1.807) is 19.2 Å². The van der Waals surface area contributed by atoms with Gasteiger partial charge in [0.05, 0.1) is 7.11 Å². The molecule has 0 bridgehead atoms. The fourth-order valence-electron chi connectivity index (χ4n) is 2.92. The first-order valence-corrected chi connectivity index (χ1v) is 8.03. The maximum atomic E-state index is 9.57. The lowest BCUT2D eigenvalue weighted by atomic mass is 9.88. The number of ether oxygens (including phenoxy) is 1. The molecule has 0 aromatic heterocycles. The van der Waals surface area contributed by atoms with E-state index in [-0.39, 0.29) is 5.75 Å². The highest BCUT2D eigenvalue weighted by atomic mass is 16.5. The fourth-order valence-corrected chi connectivity index (χ4v) is 2.92. The molecule has 24 heavy (non-hydrogen) atoms. The van der Waals surface area contributed by atoms with E-state index in [9.17, 15) is 5.11 Å². The SMILES string of the molecule is CC/C(=C(\C1=C=CC=C1)c1ccc(OC)cc1)c1ccc(O)cc1. The second-order valence-corrected chi connectivity index (χ2v) is 5.57. The quantitative estimate of drug-likeness (QED) is 0.593. The minimum Gasteiger partial charge on any atom is -0.508 e. The first-order chi connectivity index (χ1) is 11.7. The van der Waals surface area contributed by atoms with Crippen molar-refractivity contribution < 1.29 is 9.84 Å². The highest BCUT2D eigenvalue weighted by Gasteiger charge is 2.14. The second-order valence-electron chi connectivity index (χ2n) is 5.57. The van der Waals surface area contributed by atoms with Gasteiger partial charge in [0.15, 0.2) is 0 Å². The van der Waals surface area contributed by atoms with Crippen LogP contribution in [0.5, 0.6) is 11.5 Å². The van der Waals surface area contributed by atoms with E-state index < -0.39 is 0 Å². The van der Waals surface area contributed by atoms with Crippen LogP contribution >= 0.6 is 0 Å². The molecule has 2 nitrogen and oxygen atoms in total. The monoisotopic (exact) mass is 316 g/mol. The Morgan fingerprint density at radius 1 is 1.00 bits per heavy atom. The van der Waals surface area contributed by atoms with E-state index in [2.05, 4.69) is 30.9 Å². The molecule has 1 aliphatic carbocycles. The Morgan fingerprint density at radius 3 is 2.21 bits per heavy atom. The average Bonchev–Trinajstić information content (AvgIpc) is 3.15. The van der Waals surface area contributed by atoms with E-state index >= 15 is 0 Å². The first-order valence-electron chi connectivity index (χ1n) is 8.03. The molecule has 2 aromatic rings. The number of allylic oxidation sites excluding steroid dienone is 5. The zero-order valence-corrected chi connectivity index (χ0v) is 13.9. The third-order valence-electron chi connectivity index (χ3n) is 4.12. The molecule has 2 heteroatoms. The van der Waals surface area contributed by atoms with Gasteiger partial charge in [0.2, 0.25) is 0 Å². The molecule has 0 atom stereocenters. The molecule has 0 saturated heterocycles. The van der Waals surface area contributed by atoms with Crippen molar-refractivity contribution in [2.75, 3.05) is 7.11 Å². The fraction of sp³-hybridized carbons (Fsp3) is 0.136. The van der Waals surface area contributed by atoms with Gasteiger partial charge in [-0.2, -0.15) is 0 Å². The molecule has 0 aliphatic heterocycles. The van der Waals surface area contributed by atoms with Crippen molar-refractivity contribution in [3.8, 4) is 11.5 Å². The molecule has 0 fully saturated rings. The van der Waals surface area contributed by atoms with Crippen LogP contribution in [0.1, 0.15) is 24.5 Å². The highest BCUT2D eigenvalue weighted by molar-refractivity contribution is 6.00. The van der Waals surface area contributed by atoms with Gasteiger partial charge in [-0.05, 0) is 59.5 Å². The molecular weight excluding hydrogens is 296 g/mol. The number of phenols is 1. The predicted octanol–water partition coefficient (Wildman–Crippen LogP) is 5.37. The van der Waals surface area contributed by atoms with Crippen LogP contribution in [0, 0.1) is 0 Å². The minimum atomic E-state index is 0.278. The first kappa shape index (κ1) is 15.9. The van der Waals surface area contributed by atoms with E-state index in [0.717, 1.165) is 34.4 Å². The van der Waals surface area contributed by atoms with Crippen LogP contribution in [-0.4, -0.2) is 12.2 Å². The summed E-state index contributed by atoms with van der Waals surface area (Å²) in [7, 11) is 1.67. The lowest BCUT2D eigenvalue weighted by molar-refractivity contribution is 0.415. The van der Waals surface area contributed by atoms with Crippen molar-refractivity contribution in [3.05, 3.63) is 89.2 Å². The second kappa shape index (κ2) is 7.08. The lowest BCUT2D eigenvalue weighted by Gasteiger charge is -2.16. The maximum absolute atomic E-state index is 9.57. The van der Waals surface area contributed by atoms with Crippen molar-refractivity contribution in [1.29, 1.82) is 0 Å². The van der Waals surface area contributed by atoms with Gasteiger partial charge in [-0.15, -0.1) is 5.73 Å². The van der Waals surface area contributed by atoms with Crippen molar-refractivity contribution >= 4 is 11.1 Å². The van der Waals surface area contributed by atoms with Gasteiger partial charge in [0.1, 0.15) is 11.5 Å². The predicted molar refractivity (Wildman–Crippen MR) is 98.9 cm³/mol. The molecular formula is C22H20O2. The number of methoxy groups -OCH3 is 1. The summed E-state index contributed by atoms with van der Waals surface area (Å²) >= 11 is 0. The third kappa shape index (κ3) is 3.19. The Bertz CT molecular complexity index is 844. The Hall–Kier alpha value is -2.96. The van der Waals surface area contributed by atoms with Crippen molar-refractivity contribution in [3.63, 3.8) is 0 Å². The molecule has 0 heterocycles. The van der Waals surface area contributed by atoms with Crippen LogP contribution in [0.4, 0.5) is 0 Å². The number of benzene rings is 2. The molecule has 3 rings (SSSR count). The standard InChI is InChI=1S/C22H20O2/c1-3-21(16-8-12-19(23)13-9-16)22(17-6-4-5-7-17)18-10-14-20(24-2)15-11-18/h4-6,8-15,23H,3H2,1-2H3/b22-21-. The summed E-state index contributed by atoms with van der Waals surface area (Å²) in [4.78, 5) is 0. The van der Waals surface area contributed by atoms with Crippen molar-refractivity contribution in [2.24, 2.45) is 0 Å². The number of rotatable bonds is 5. The van der Waals surface area contributed by atoms with Gasteiger partial charge in [0, 0.05) is 11.1 Å². The van der Waals surface area contributed by atoms with Crippen LogP contribution in [0.2, 0.25) is 0 Å². The molecule has 120 valence electrons. The zero-order chi connectivity index (χ0) is 16.9. The van der Waals surface area contributed by atoms with Crippen LogP contribution in [0.3, 0.4) is 0 Å². The number of hydrogen-bond acceptors (Lipinski definition) is 2. The summed E-state index contributed by atoms with van der Waals surface area (Å²) in [5, 5.41) is 9.57. The molecule has 0 saturated carbocycles. The zero-order valence-electron chi connectivity index (χ0n) is 13.9. The maximum Gasteiger partial charge on any atom is 0.118 e. The van der Waals surface area contributed by atoms with Crippen molar-refractivity contribution in [2.45, 2.75) is 13.3 Å². The van der Waals surface area contributed by atoms with E-state index in [4.69, 9.17) is 4.74 Å². The summed E-state index contributed by atoms with van der Waals surface area (Å²) in [6, 6.07) is 15.5. The minimum absolute atomic E-state index is 0.278. The molecule has 0 amide bonds. The Balaban J connectivity index is 2.19. The largest absolute Gasteiger partial charge is 0.508 e. The van der Waals surface area contributed by atoms with Gasteiger partial charge in [-0.1, -0.05) is 37.3 Å². The summed E-state index contributed by atoms with van der Waals surface area (Å²) in [5.74, 6) is 1.12. The van der Waals surface area contributed by atoms with Gasteiger partial charge in [-0.25, -0.2) is 0 Å². The summed E-state index contributed by atoms with van der Waals surface area (Å²) in [5.41, 5.74) is 9.02. The summed E-state index contributed by atoms with van der Waals surface area (Å²) < 4.78 is 5.27. The number of aromatic hydroxyl groups is 1. The Morgan fingerprint density at radius 2 is 1.67 bits per heavy atom. The molecule has 0 spiro atoms. The van der Waals surface area contributed by atoms with Crippen LogP contribution in [-0.2, 0) is 0 Å². The molecule has 1 aliphatic rings. The van der Waals surface area contributed by atoms with Gasteiger partial charge in [0.25, 0.3) is 0 Å². The smallest absolute Gasteiger partial charge is 0.118 e. The van der Waals surface area contributed by atoms with E-state index in [0.29, 0.717) is 0 Å². The third-order valence-corrected chi connectivity index (χ3v) is 4.12. The van der Waals surface area contributed by atoms with Gasteiger partial charge in [-0.3, -0.25) is 0 Å². The van der Waals surface area contributed by atoms with Gasteiger partial charge < -0.3 is 9.84 Å². The molecule has 0 radical (unpaired) electrons. The average molecular weight is 316 g/mol. The molecule has 1 N–H and O–H groups in total. The van der Waals surface area contributed by atoms with Crippen molar-refractivity contribution in [1.82, 2.24) is 0 Å². The van der Waals surface area contributed by atoms with Gasteiger partial charge >= 0.3 is 0 Å². The van der Waals surface area contributed by atoms with E-state index in [1.165, 1.54) is 5.57 Å². The summed E-state index contributed by atoms with van der Waals surface area (Å²) in [6.07, 6.45) is 6.90. The number of hydrogen-bond donors (Lipinski definition) is 1.